The Morgan fingerprint density at radius 2 is 2.05 bits per heavy atom. The van der Waals surface area contributed by atoms with Gasteiger partial charge in [-0.25, -0.2) is 0 Å². The number of carboxylic acid groups (broad SMARTS) is 1. The predicted molar refractivity (Wildman–Crippen MR) is 77.0 cm³/mol. The minimum absolute atomic E-state index is 0.0728. The lowest BCUT2D eigenvalue weighted by Gasteiger charge is -2.19. The molecule has 112 valence electrons. The number of amides is 1. The maximum Gasteiger partial charge on any atom is 0.305 e. The third kappa shape index (κ3) is 4.56. The van der Waals surface area contributed by atoms with E-state index in [2.05, 4.69) is 14.9 Å². The monoisotopic (exact) mass is 299 g/mol. The van der Waals surface area contributed by atoms with E-state index in [0.29, 0.717) is 17.0 Å². The number of aliphatic carboxylic acids is 1. The molecule has 0 aliphatic carbocycles. The summed E-state index contributed by atoms with van der Waals surface area (Å²) in [5, 5.41) is 15.7. The lowest BCUT2D eigenvalue weighted by atomic mass is 9.91. The normalized spacial score (nSPS) is 13.0. The summed E-state index contributed by atoms with van der Waals surface area (Å²) in [6.45, 7) is 7.83. The van der Waals surface area contributed by atoms with Gasteiger partial charge in [-0.3, -0.25) is 9.59 Å². The molecular formula is C13H21N3O3S. The number of nitrogens with zero attached hydrogens (tertiary/aromatic N) is 2. The number of carbonyl (C=O) groups excluding carboxylic acids is 1. The fraction of sp³-hybridized carbons (Fsp3) is 0.692. The molecule has 1 amide bonds. The molecule has 0 aromatic carbocycles. The topological polar surface area (TPSA) is 92.2 Å². The Morgan fingerprint density at radius 3 is 2.55 bits per heavy atom. The lowest BCUT2D eigenvalue weighted by molar-refractivity contribution is -0.137. The van der Waals surface area contributed by atoms with Crippen LogP contribution in [0.1, 0.15) is 62.3 Å². The Labute approximate surface area is 122 Å². The van der Waals surface area contributed by atoms with E-state index in [9.17, 15) is 9.59 Å². The maximum atomic E-state index is 12.3. The first-order chi connectivity index (χ1) is 9.25. The van der Waals surface area contributed by atoms with Gasteiger partial charge in [0.15, 0.2) is 0 Å². The van der Waals surface area contributed by atoms with Crippen LogP contribution in [0, 0.1) is 0 Å². The van der Waals surface area contributed by atoms with Gasteiger partial charge in [0.1, 0.15) is 4.88 Å². The Hall–Kier alpha value is -1.50. The molecule has 1 atom stereocenters. The molecule has 1 aromatic rings. The summed E-state index contributed by atoms with van der Waals surface area (Å²) in [5.74, 6) is -1.20. The number of carbonyl (C=O) groups is 2. The number of hydrogen-bond donors (Lipinski definition) is 2. The van der Waals surface area contributed by atoms with Crippen LogP contribution in [0.2, 0.25) is 0 Å². The van der Waals surface area contributed by atoms with Crippen LogP contribution in [0.5, 0.6) is 0 Å². The molecule has 0 aliphatic heterocycles. The molecule has 20 heavy (non-hydrogen) atoms. The minimum atomic E-state index is -0.915. The molecule has 1 unspecified atom stereocenters. The van der Waals surface area contributed by atoms with Crippen LogP contribution < -0.4 is 5.32 Å². The van der Waals surface area contributed by atoms with Crippen molar-refractivity contribution >= 4 is 23.4 Å². The van der Waals surface area contributed by atoms with E-state index in [-0.39, 0.29) is 23.8 Å². The first-order valence-electron chi connectivity index (χ1n) is 6.61. The first kappa shape index (κ1) is 16.6. The summed E-state index contributed by atoms with van der Waals surface area (Å²) in [6.07, 6.45) is 1.37. The molecule has 0 fully saturated rings. The summed E-state index contributed by atoms with van der Waals surface area (Å²) < 4.78 is 3.84. The third-order valence-electron chi connectivity index (χ3n) is 2.80. The lowest BCUT2D eigenvalue weighted by Crippen LogP contribution is -2.37. The smallest absolute Gasteiger partial charge is 0.305 e. The molecular weight excluding hydrogens is 278 g/mol. The Morgan fingerprint density at radius 1 is 1.40 bits per heavy atom. The van der Waals surface area contributed by atoms with E-state index < -0.39 is 5.97 Å². The first-order valence-corrected chi connectivity index (χ1v) is 7.38. The fourth-order valence-corrected chi connectivity index (χ4v) is 2.65. The van der Waals surface area contributed by atoms with Gasteiger partial charge in [0.05, 0.1) is 12.1 Å². The zero-order chi connectivity index (χ0) is 15.3. The average Bonchev–Trinajstić information content (AvgIpc) is 2.76. The van der Waals surface area contributed by atoms with Crippen LogP contribution in [0.15, 0.2) is 0 Å². The highest BCUT2D eigenvalue weighted by Gasteiger charge is 2.27. The largest absolute Gasteiger partial charge is 0.481 e. The van der Waals surface area contributed by atoms with Crippen molar-refractivity contribution in [3.63, 3.8) is 0 Å². The molecule has 0 bridgehead atoms. The Kier molecular flexibility index (Phi) is 5.62. The van der Waals surface area contributed by atoms with E-state index in [1.807, 2.05) is 27.7 Å². The molecule has 1 aromatic heterocycles. The highest BCUT2D eigenvalue weighted by atomic mass is 32.1. The summed E-state index contributed by atoms with van der Waals surface area (Å²) in [6, 6.07) is -0.361. The van der Waals surface area contributed by atoms with Gasteiger partial charge in [-0.15, -0.1) is 5.10 Å². The molecule has 1 rings (SSSR count). The second-order valence-corrected chi connectivity index (χ2v) is 6.51. The Balaban J connectivity index is 2.84. The minimum Gasteiger partial charge on any atom is -0.481 e. The van der Waals surface area contributed by atoms with E-state index in [4.69, 9.17) is 5.11 Å². The predicted octanol–water partition coefficient (Wildman–Crippen LogP) is 2.21. The van der Waals surface area contributed by atoms with Crippen molar-refractivity contribution in [3.05, 3.63) is 10.6 Å². The number of hydrogen-bond acceptors (Lipinski definition) is 5. The summed E-state index contributed by atoms with van der Waals surface area (Å²) in [4.78, 5) is 23.5. The van der Waals surface area contributed by atoms with Crippen molar-refractivity contribution < 1.29 is 14.7 Å². The van der Waals surface area contributed by atoms with Gasteiger partial charge in [-0.2, -0.15) is 0 Å². The van der Waals surface area contributed by atoms with Crippen molar-refractivity contribution in [2.45, 2.75) is 58.4 Å². The van der Waals surface area contributed by atoms with Gasteiger partial charge in [-0.1, -0.05) is 38.6 Å². The molecule has 0 radical (unpaired) electrons. The van der Waals surface area contributed by atoms with Gasteiger partial charge in [0, 0.05) is 11.5 Å². The fourth-order valence-electron chi connectivity index (χ4n) is 1.87. The molecule has 0 saturated heterocycles. The SMILES string of the molecule is CCCC(CC(=O)O)NC(=O)c1snnc1C(C)(C)C. The summed E-state index contributed by atoms with van der Waals surface area (Å²) >= 11 is 1.04. The highest BCUT2D eigenvalue weighted by Crippen LogP contribution is 2.25. The van der Waals surface area contributed by atoms with E-state index in [0.717, 1.165) is 18.0 Å². The molecule has 0 aliphatic rings. The molecule has 1 heterocycles. The molecule has 0 spiro atoms. The van der Waals surface area contributed by atoms with Gasteiger partial charge in [0.25, 0.3) is 5.91 Å². The van der Waals surface area contributed by atoms with Gasteiger partial charge in [0.2, 0.25) is 0 Å². The second-order valence-electron chi connectivity index (χ2n) is 5.76. The van der Waals surface area contributed by atoms with Crippen LogP contribution in [-0.2, 0) is 10.2 Å². The summed E-state index contributed by atoms with van der Waals surface area (Å²) in [5.41, 5.74) is 0.373. The molecule has 0 saturated carbocycles. The third-order valence-corrected chi connectivity index (χ3v) is 3.52. The molecule has 6 nitrogen and oxygen atoms in total. The molecule has 2 N–H and O–H groups in total. The number of aromatic nitrogens is 2. The Bertz CT molecular complexity index is 479. The van der Waals surface area contributed by atoms with Crippen LogP contribution in [0.3, 0.4) is 0 Å². The zero-order valence-electron chi connectivity index (χ0n) is 12.3. The van der Waals surface area contributed by atoms with E-state index in [1.165, 1.54) is 0 Å². The number of carboxylic acids is 1. The van der Waals surface area contributed by atoms with Crippen molar-refractivity contribution in [2.75, 3.05) is 0 Å². The second kappa shape index (κ2) is 6.78. The number of nitrogens with one attached hydrogen (secondary N) is 1. The van der Waals surface area contributed by atoms with Gasteiger partial charge >= 0.3 is 5.97 Å². The molecule has 7 heteroatoms. The van der Waals surface area contributed by atoms with Crippen LogP contribution in [0.25, 0.3) is 0 Å². The quantitative estimate of drug-likeness (QED) is 0.840. The van der Waals surface area contributed by atoms with Crippen LogP contribution in [-0.4, -0.2) is 32.6 Å². The zero-order valence-corrected chi connectivity index (χ0v) is 13.1. The van der Waals surface area contributed by atoms with Crippen LogP contribution in [0.4, 0.5) is 0 Å². The highest BCUT2D eigenvalue weighted by molar-refractivity contribution is 7.08. The average molecular weight is 299 g/mol. The van der Waals surface area contributed by atoms with Gasteiger partial charge < -0.3 is 10.4 Å². The summed E-state index contributed by atoms with van der Waals surface area (Å²) in [7, 11) is 0. The van der Waals surface area contributed by atoms with Crippen molar-refractivity contribution in [3.8, 4) is 0 Å². The standard InChI is InChI=1S/C13H21N3O3S/c1-5-6-8(7-9(17)18)14-12(19)10-11(13(2,3)4)15-16-20-10/h8H,5-7H2,1-4H3,(H,14,19)(H,17,18). The van der Waals surface area contributed by atoms with Crippen molar-refractivity contribution in [1.82, 2.24) is 14.9 Å². The van der Waals surface area contributed by atoms with Crippen molar-refractivity contribution in [1.29, 1.82) is 0 Å². The number of rotatable bonds is 6. The van der Waals surface area contributed by atoms with E-state index in [1.54, 1.807) is 0 Å². The van der Waals surface area contributed by atoms with Crippen LogP contribution >= 0.6 is 11.5 Å². The maximum absolute atomic E-state index is 12.3. The van der Waals surface area contributed by atoms with Crippen molar-refractivity contribution in [2.24, 2.45) is 0 Å². The van der Waals surface area contributed by atoms with E-state index >= 15 is 0 Å². The van der Waals surface area contributed by atoms with Gasteiger partial charge in [-0.05, 0) is 18.0 Å².